The summed E-state index contributed by atoms with van der Waals surface area (Å²) in [4.78, 5) is 0. The second kappa shape index (κ2) is 6.66. The molecule has 1 aromatic carbocycles. The topological polar surface area (TPSA) is 53.1 Å². The monoisotopic (exact) mass is 287 g/mol. The van der Waals surface area contributed by atoms with Crippen molar-refractivity contribution in [2.45, 2.75) is 46.0 Å². The van der Waals surface area contributed by atoms with Gasteiger partial charge in [-0.2, -0.15) is 5.10 Å². The van der Waals surface area contributed by atoms with E-state index >= 15 is 0 Å². The number of unbranched alkanes of at least 4 members (excludes halogenated alkanes) is 1. The summed E-state index contributed by atoms with van der Waals surface area (Å²) in [6.07, 6.45) is 3.54. The molecule has 0 aliphatic heterocycles. The van der Waals surface area contributed by atoms with E-state index in [4.69, 9.17) is 10.5 Å². The van der Waals surface area contributed by atoms with E-state index in [0.717, 1.165) is 17.9 Å². The Morgan fingerprint density at radius 3 is 2.43 bits per heavy atom. The lowest BCUT2D eigenvalue weighted by Crippen LogP contribution is -1.97. The van der Waals surface area contributed by atoms with E-state index in [1.54, 1.807) is 4.68 Å². The zero-order valence-electron chi connectivity index (χ0n) is 13.4. The van der Waals surface area contributed by atoms with Crippen LogP contribution in [0.2, 0.25) is 0 Å². The van der Waals surface area contributed by atoms with Crippen LogP contribution in [-0.4, -0.2) is 9.78 Å². The van der Waals surface area contributed by atoms with Crippen LogP contribution in [0.15, 0.2) is 24.3 Å². The van der Waals surface area contributed by atoms with Gasteiger partial charge in [0.15, 0.2) is 0 Å². The molecule has 0 spiro atoms. The highest BCUT2D eigenvalue weighted by Crippen LogP contribution is 2.33. The standard InChI is InChI=1S/C17H25N3O/c1-5-6-7-13-8-10-14(11-9-13)21-17-15(18)16(12(2)3)19-20(17)4/h8-12H,5-7,18H2,1-4H3. The molecule has 0 aliphatic rings. The summed E-state index contributed by atoms with van der Waals surface area (Å²) in [6, 6.07) is 8.21. The summed E-state index contributed by atoms with van der Waals surface area (Å²) in [5, 5.41) is 4.43. The molecule has 0 bridgehead atoms. The molecule has 0 amide bonds. The van der Waals surface area contributed by atoms with Crippen molar-refractivity contribution in [1.29, 1.82) is 0 Å². The molecule has 2 rings (SSSR count). The smallest absolute Gasteiger partial charge is 0.241 e. The molecule has 0 saturated heterocycles. The Hall–Kier alpha value is -1.97. The molecule has 2 N–H and O–H groups in total. The maximum atomic E-state index is 6.14. The van der Waals surface area contributed by atoms with Gasteiger partial charge in [-0.3, -0.25) is 0 Å². The number of nitrogen functional groups attached to an aromatic ring is 1. The van der Waals surface area contributed by atoms with Crippen LogP contribution in [0.4, 0.5) is 5.69 Å². The highest BCUT2D eigenvalue weighted by Gasteiger charge is 2.17. The largest absolute Gasteiger partial charge is 0.437 e. The van der Waals surface area contributed by atoms with Gasteiger partial charge in [0.2, 0.25) is 5.88 Å². The van der Waals surface area contributed by atoms with Gasteiger partial charge in [0, 0.05) is 7.05 Å². The third-order valence-electron chi connectivity index (χ3n) is 3.56. The van der Waals surface area contributed by atoms with Crippen LogP contribution in [0, 0.1) is 0 Å². The van der Waals surface area contributed by atoms with Crippen molar-refractivity contribution >= 4 is 5.69 Å². The van der Waals surface area contributed by atoms with Gasteiger partial charge in [-0.05, 0) is 36.5 Å². The molecule has 1 aromatic heterocycles. The second-order valence-corrected chi connectivity index (χ2v) is 5.73. The highest BCUT2D eigenvalue weighted by atomic mass is 16.5. The number of aryl methyl sites for hydroxylation is 2. The number of nitrogens with two attached hydrogens (primary N) is 1. The van der Waals surface area contributed by atoms with Crippen molar-refractivity contribution in [2.75, 3.05) is 5.73 Å². The van der Waals surface area contributed by atoms with Crippen LogP contribution in [0.5, 0.6) is 11.6 Å². The predicted molar refractivity (Wildman–Crippen MR) is 86.8 cm³/mol. The Morgan fingerprint density at radius 2 is 1.90 bits per heavy atom. The van der Waals surface area contributed by atoms with Gasteiger partial charge in [-0.15, -0.1) is 0 Å². The van der Waals surface area contributed by atoms with Crippen LogP contribution >= 0.6 is 0 Å². The van der Waals surface area contributed by atoms with Crippen molar-refractivity contribution in [3.8, 4) is 11.6 Å². The van der Waals surface area contributed by atoms with E-state index in [2.05, 4.69) is 38.0 Å². The summed E-state index contributed by atoms with van der Waals surface area (Å²) in [7, 11) is 1.85. The SMILES string of the molecule is CCCCc1ccc(Oc2c(N)c(C(C)C)nn2C)cc1. The van der Waals surface area contributed by atoms with Crippen molar-refractivity contribution < 1.29 is 4.74 Å². The number of anilines is 1. The molecule has 0 radical (unpaired) electrons. The average Bonchev–Trinajstić information content (AvgIpc) is 2.75. The van der Waals surface area contributed by atoms with E-state index < -0.39 is 0 Å². The van der Waals surface area contributed by atoms with Crippen molar-refractivity contribution in [1.82, 2.24) is 9.78 Å². The van der Waals surface area contributed by atoms with E-state index in [0.29, 0.717) is 11.6 Å². The highest BCUT2D eigenvalue weighted by molar-refractivity contribution is 5.55. The first-order valence-corrected chi connectivity index (χ1v) is 7.62. The summed E-state index contributed by atoms with van der Waals surface area (Å²) >= 11 is 0. The molecule has 0 saturated carbocycles. The van der Waals surface area contributed by atoms with Crippen LogP contribution in [0.25, 0.3) is 0 Å². The Kier molecular flexibility index (Phi) is 4.89. The molecule has 1 heterocycles. The fourth-order valence-electron chi connectivity index (χ4n) is 2.31. The molecule has 2 aromatic rings. The molecular weight excluding hydrogens is 262 g/mol. The lowest BCUT2D eigenvalue weighted by atomic mass is 10.1. The summed E-state index contributed by atoms with van der Waals surface area (Å²) < 4.78 is 7.61. The fraction of sp³-hybridized carbons (Fsp3) is 0.471. The van der Waals surface area contributed by atoms with Gasteiger partial charge in [-0.1, -0.05) is 39.3 Å². The van der Waals surface area contributed by atoms with Gasteiger partial charge < -0.3 is 10.5 Å². The second-order valence-electron chi connectivity index (χ2n) is 5.73. The van der Waals surface area contributed by atoms with E-state index in [1.165, 1.54) is 18.4 Å². The lowest BCUT2D eigenvalue weighted by Gasteiger charge is -2.08. The average molecular weight is 287 g/mol. The first-order chi connectivity index (χ1) is 10.0. The van der Waals surface area contributed by atoms with E-state index in [1.807, 2.05) is 19.2 Å². The summed E-state index contributed by atoms with van der Waals surface area (Å²) in [6.45, 7) is 6.35. The number of hydrogen-bond donors (Lipinski definition) is 1. The van der Waals surface area contributed by atoms with Crippen molar-refractivity contribution in [3.05, 3.63) is 35.5 Å². The van der Waals surface area contributed by atoms with E-state index in [-0.39, 0.29) is 5.92 Å². The van der Waals surface area contributed by atoms with Crippen LogP contribution in [0.1, 0.15) is 50.8 Å². The Bertz CT molecular complexity index is 585. The quantitative estimate of drug-likeness (QED) is 0.863. The maximum absolute atomic E-state index is 6.14. The molecule has 21 heavy (non-hydrogen) atoms. The third-order valence-corrected chi connectivity index (χ3v) is 3.56. The zero-order valence-corrected chi connectivity index (χ0v) is 13.4. The molecule has 0 fully saturated rings. The van der Waals surface area contributed by atoms with Crippen LogP contribution in [0.3, 0.4) is 0 Å². The maximum Gasteiger partial charge on any atom is 0.241 e. The molecular formula is C17H25N3O. The molecule has 4 heteroatoms. The number of ether oxygens (including phenoxy) is 1. The minimum Gasteiger partial charge on any atom is -0.437 e. The van der Waals surface area contributed by atoms with E-state index in [9.17, 15) is 0 Å². The number of benzene rings is 1. The van der Waals surface area contributed by atoms with Gasteiger partial charge in [0.25, 0.3) is 0 Å². The third kappa shape index (κ3) is 3.57. The molecule has 0 aliphatic carbocycles. The minimum absolute atomic E-state index is 0.282. The summed E-state index contributed by atoms with van der Waals surface area (Å²) in [5.74, 6) is 1.69. The van der Waals surface area contributed by atoms with Crippen LogP contribution < -0.4 is 10.5 Å². The number of rotatable bonds is 6. The van der Waals surface area contributed by atoms with Gasteiger partial charge in [-0.25, -0.2) is 4.68 Å². The first kappa shape index (κ1) is 15.4. The Balaban J connectivity index is 2.15. The normalized spacial score (nSPS) is 11.1. The van der Waals surface area contributed by atoms with Gasteiger partial charge in [0.1, 0.15) is 11.4 Å². The number of nitrogens with zero attached hydrogens (tertiary/aromatic N) is 2. The number of aromatic nitrogens is 2. The number of hydrogen-bond acceptors (Lipinski definition) is 3. The van der Waals surface area contributed by atoms with Crippen molar-refractivity contribution in [2.24, 2.45) is 7.05 Å². The molecule has 4 nitrogen and oxygen atoms in total. The lowest BCUT2D eigenvalue weighted by molar-refractivity contribution is 0.432. The van der Waals surface area contributed by atoms with Crippen molar-refractivity contribution in [3.63, 3.8) is 0 Å². The molecule has 0 unspecified atom stereocenters. The van der Waals surface area contributed by atoms with Crippen LogP contribution in [-0.2, 0) is 13.5 Å². The van der Waals surface area contributed by atoms with Gasteiger partial charge in [0.05, 0.1) is 5.69 Å². The molecule has 0 atom stereocenters. The Labute approximate surface area is 126 Å². The summed E-state index contributed by atoms with van der Waals surface area (Å²) in [5.41, 5.74) is 8.99. The fourth-order valence-corrected chi connectivity index (χ4v) is 2.31. The molecule has 114 valence electrons. The minimum atomic E-state index is 0.282. The first-order valence-electron chi connectivity index (χ1n) is 7.62. The predicted octanol–water partition coefficient (Wildman–Crippen LogP) is 4.26. The zero-order chi connectivity index (χ0) is 15.4. The van der Waals surface area contributed by atoms with Gasteiger partial charge >= 0.3 is 0 Å². The Morgan fingerprint density at radius 1 is 1.24 bits per heavy atom.